The van der Waals surface area contributed by atoms with Crippen LogP contribution >= 0.6 is 0 Å². The van der Waals surface area contributed by atoms with Crippen LogP contribution < -0.4 is 0 Å². The van der Waals surface area contributed by atoms with Gasteiger partial charge in [0.1, 0.15) is 0 Å². The van der Waals surface area contributed by atoms with Gasteiger partial charge in [-0.25, -0.2) is 0 Å². The van der Waals surface area contributed by atoms with Crippen molar-refractivity contribution >= 4 is 0 Å². The molecule has 1 heterocycles. The van der Waals surface area contributed by atoms with Crippen LogP contribution in [0.25, 0.3) is 0 Å². The number of rotatable bonds is 4. The lowest BCUT2D eigenvalue weighted by molar-refractivity contribution is 0.0972. The second kappa shape index (κ2) is 6.35. The molecular formula is C10H21NO2. The lowest BCUT2D eigenvalue weighted by Gasteiger charge is -2.22. The van der Waals surface area contributed by atoms with Crippen LogP contribution in [0.3, 0.4) is 0 Å². The molecule has 1 saturated heterocycles. The highest BCUT2D eigenvalue weighted by molar-refractivity contribution is 4.66. The summed E-state index contributed by atoms with van der Waals surface area (Å²) < 4.78 is 5.34. The summed E-state index contributed by atoms with van der Waals surface area (Å²) in [6, 6.07) is 0. The van der Waals surface area contributed by atoms with E-state index in [2.05, 4.69) is 11.8 Å². The number of aliphatic hydroxyl groups excluding tert-OH is 1. The molecule has 0 saturated carbocycles. The van der Waals surface area contributed by atoms with Gasteiger partial charge in [0, 0.05) is 26.2 Å². The average Bonchev–Trinajstić information content (AvgIpc) is 2.33. The summed E-state index contributed by atoms with van der Waals surface area (Å²) in [6.45, 7) is 6.66. The quantitative estimate of drug-likeness (QED) is 0.709. The van der Waals surface area contributed by atoms with E-state index in [-0.39, 0.29) is 6.10 Å². The fraction of sp³-hybridized carbons (Fsp3) is 1.00. The molecule has 1 unspecified atom stereocenters. The Morgan fingerprint density at radius 3 is 3.00 bits per heavy atom. The molecule has 1 atom stereocenters. The first-order chi connectivity index (χ1) is 6.33. The molecule has 0 bridgehead atoms. The van der Waals surface area contributed by atoms with Crippen LogP contribution in [0.15, 0.2) is 0 Å². The Hall–Kier alpha value is -0.120. The van der Waals surface area contributed by atoms with Gasteiger partial charge in [-0.15, -0.1) is 0 Å². The lowest BCUT2D eigenvalue weighted by atomic mass is 10.2. The van der Waals surface area contributed by atoms with Crippen molar-refractivity contribution in [3.63, 3.8) is 0 Å². The zero-order chi connectivity index (χ0) is 9.52. The highest BCUT2D eigenvalue weighted by Crippen LogP contribution is 2.03. The topological polar surface area (TPSA) is 32.7 Å². The largest absolute Gasteiger partial charge is 0.392 e. The molecule has 0 spiro atoms. The van der Waals surface area contributed by atoms with Crippen LogP contribution in [-0.4, -0.2) is 49.0 Å². The summed E-state index contributed by atoms with van der Waals surface area (Å²) in [6.07, 6.45) is 2.92. The van der Waals surface area contributed by atoms with E-state index in [4.69, 9.17) is 4.74 Å². The third-order valence-electron chi connectivity index (χ3n) is 2.41. The van der Waals surface area contributed by atoms with Gasteiger partial charge in [0.25, 0.3) is 0 Å². The van der Waals surface area contributed by atoms with Crippen LogP contribution in [0.5, 0.6) is 0 Å². The van der Waals surface area contributed by atoms with Gasteiger partial charge in [0.2, 0.25) is 0 Å². The van der Waals surface area contributed by atoms with Crippen LogP contribution in [-0.2, 0) is 4.74 Å². The maximum absolute atomic E-state index is 9.61. The zero-order valence-corrected chi connectivity index (χ0v) is 8.54. The molecule has 0 aromatic heterocycles. The van der Waals surface area contributed by atoms with Gasteiger partial charge in [0.05, 0.1) is 12.7 Å². The van der Waals surface area contributed by atoms with Gasteiger partial charge in [-0.3, -0.25) is 4.90 Å². The fourth-order valence-electron chi connectivity index (χ4n) is 1.70. The zero-order valence-electron chi connectivity index (χ0n) is 8.54. The monoisotopic (exact) mass is 187 g/mol. The van der Waals surface area contributed by atoms with Gasteiger partial charge in [-0.05, 0) is 12.8 Å². The molecule has 1 aliphatic rings. The molecule has 0 aromatic carbocycles. The molecule has 78 valence electrons. The van der Waals surface area contributed by atoms with E-state index in [1.165, 1.54) is 0 Å². The Bertz CT molecular complexity index is 122. The SMILES string of the molecule is CCCC(O)CN1CCCOCC1. The maximum atomic E-state index is 9.61. The first-order valence-corrected chi connectivity index (χ1v) is 5.31. The van der Waals surface area contributed by atoms with Gasteiger partial charge in [-0.1, -0.05) is 13.3 Å². The van der Waals surface area contributed by atoms with Crippen molar-refractivity contribution in [1.29, 1.82) is 0 Å². The van der Waals surface area contributed by atoms with Crippen LogP contribution in [0.4, 0.5) is 0 Å². The number of hydrogen-bond donors (Lipinski definition) is 1. The minimum absolute atomic E-state index is 0.150. The fourth-order valence-corrected chi connectivity index (χ4v) is 1.70. The summed E-state index contributed by atoms with van der Waals surface area (Å²) in [5.41, 5.74) is 0. The molecule has 1 fully saturated rings. The smallest absolute Gasteiger partial charge is 0.0667 e. The summed E-state index contributed by atoms with van der Waals surface area (Å²) in [5.74, 6) is 0. The van der Waals surface area contributed by atoms with Crippen molar-refractivity contribution < 1.29 is 9.84 Å². The van der Waals surface area contributed by atoms with Crippen molar-refractivity contribution in [2.24, 2.45) is 0 Å². The third-order valence-corrected chi connectivity index (χ3v) is 2.41. The van der Waals surface area contributed by atoms with Crippen molar-refractivity contribution in [3.05, 3.63) is 0 Å². The molecule has 3 heteroatoms. The Morgan fingerprint density at radius 2 is 2.23 bits per heavy atom. The molecule has 13 heavy (non-hydrogen) atoms. The average molecular weight is 187 g/mol. The molecule has 1 rings (SSSR count). The normalized spacial score (nSPS) is 22.6. The molecule has 0 amide bonds. The molecule has 3 nitrogen and oxygen atoms in total. The Labute approximate surface area is 80.7 Å². The Kier molecular flexibility index (Phi) is 5.35. The molecular weight excluding hydrogens is 166 g/mol. The third kappa shape index (κ3) is 4.60. The van der Waals surface area contributed by atoms with Gasteiger partial charge in [0.15, 0.2) is 0 Å². The standard InChI is InChI=1S/C10H21NO2/c1-2-4-10(12)9-11-5-3-7-13-8-6-11/h10,12H,2-9H2,1H3. The van der Waals surface area contributed by atoms with Gasteiger partial charge >= 0.3 is 0 Å². The van der Waals surface area contributed by atoms with E-state index in [1.807, 2.05) is 0 Å². The summed E-state index contributed by atoms with van der Waals surface area (Å²) >= 11 is 0. The Balaban J connectivity index is 2.17. The van der Waals surface area contributed by atoms with E-state index < -0.39 is 0 Å². The number of hydrogen-bond acceptors (Lipinski definition) is 3. The highest BCUT2D eigenvalue weighted by atomic mass is 16.5. The molecule has 0 aliphatic carbocycles. The van der Waals surface area contributed by atoms with Crippen molar-refractivity contribution in [2.45, 2.75) is 32.3 Å². The van der Waals surface area contributed by atoms with Crippen molar-refractivity contribution in [2.75, 3.05) is 32.8 Å². The van der Waals surface area contributed by atoms with Crippen LogP contribution in [0.2, 0.25) is 0 Å². The second-order valence-corrected chi connectivity index (χ2v) is 3.71. The number of β-amino-alcohol motifs (C(OH)–C–C–N with tert-alkyl or cyclic N) is 1. The van der Waals surface area contributed by atoms with E-state index >= 15 is 0 Å². The van der Waals surface area contributed by atoms with E-state index in [1.54, 1.807) is 0 Å². The minimum Gasteiger partial charge on any atom is -0.392 e. The van der Waals surface area contributed by atoms with E-state index in [9.17, 15) is 5.11 Å². The molecule has 0 aromatic rings. The number of aliphatic hydroxyl groups is 1. The van der Waals surface area contributed by atoms with E-state index in [0.717, 1.165) is 52.1 Å². The highest BCUT2D eigenvalue weighted by Gasteiger charge is 2.12. The number of ether oxygens (including phenoxy) is 1. The second-order valence-electron chi connectivity index (χ2n) is 3.71. The predicted octanol–water partition coefficient (Wildman–Crippen LogP) is 0.870. The summed E-state index contributed by atoms with van der Waals surface area (Å²) in [4.78, 5) is 2.30. The van der Waals surface area contributed by atoms with Gasteiger partial charge in [-0.2, -0.15) is 0 Å². The Morgan fingerprint density at radius 1 is 1.38 bits per heavy atom. The maximum Gasteiger partial charge on any atom is 0.0667 e. The molecule has 1 N–H and O–H groups in total. The molecule has 0 radical (unpaired) electrons. The van der Waals surface area contributed by atoms with E-state index in [0.29, 0.717) is 0 Å². The minimum atomic E-state index is -0.150. The summed E-state index contributed by atoms with van der Waals surface area (Å²) in [5, 5.41) is 9.61. The first-order valence-electron chi connectivity index (χ1n) is 5.31. The first kappa shape index (κ1) is 11.0. The summed E-state index contributed by atoms with van der Waals surface area (Å²) in [7, 11) is 0. The number of nitrogens with zero attached hydrogens (tertiary/aromatic N) is 1. The molecule has 1 aliphatic heterocycles. The predicted molar refractivity (Wildman–Crippen MR) is 52.8 cm³/mol. The van der Waals surface area contributed by atoms with Crippen molar-refractivity contribution in [3.8, 4) is 0 Å². The van der Waals surface area contributed by atoms with Crippen LogP contribution in [0.1, 0.15) is 26.2 Å². The van der Waals surface area contributed by atoms with Crippen molar-refractivity contribution in [1.82, 2.24) is 4.90 Å². The van der Waals surface area contributed by atoms with Crippen LogP contribution in [0, 0.1) is 0 Å². The lowest BCUT2D eigenvalue weighted by Crippen LogP contribution is -2.34. The van der Waals surface area contributed by atoms with Gasteiger partial charge < -0.3 is 9.84 Å².